The predicted octanol–water partition coefficient (Wildman–Crippen LogP) is 3.99. The second kappa shape index (κ2) is 7.61. The van der Waals surface area contributed by atoms with Gasteiger partial charge in [-0.3, -0.25) is 4.79 Å². The average Bonchev–Trinajstić information content (AvgIpc) is 2.48. The van der Waals surface area contributed by atoms with Crippen molar-refractivity contribution in [1.82, 2.24) is 0 Å². The number of nitrogens with one attached hydrogen (secondary N) is 2. The molecule has 0 unspecified atom stereocenters. The van der Waals surface area contributed by atoms with Crippen molar-refractivity contribution in [2.24, 2.45) is 0 Å². The lowest BCUT2D eigenvalue weighted by Gasteiger charge is -2.09. The Morgan fingerprint density at radius 3 is 2.23 bits per heavy atom. The number of carbonyl (C=O) groups is 1. The summed E-state index contributed by atoms with van der Waals surface area (Å²) < 4.78 is 28.2. The molecule has 0 fully saturated rings. The summed E-state index contributed by atoms with van der Waals surface area (Å²) in [5, 5.41) is 6.15. The number of hydrogen-bond acceptors (Lipinski definition) is 3. The first kappa shape index (κ1) is 16.0. The highest BCUT2D eigenvalue weighted by molar-refractivity contribution is 6.30. The molecular formula is C15H13ClF2N2O2. The molecule has 0 bridgehead atoms. The van der Waals surface area contributed by atoms with E-state index in [1.807, 2.05) is 0 Å². The molecule has 4 nitrogen and oxygen atoms in total. The zero-order valence-corrected chi connectivity index (χ0v) is 12.1. The Hall–Kier alpha value is -2.34. The van der Waals surface area contributed by atoms with Crippen molar-refractivity contribution in [3.05, 3.63) is 53.6 Å². The lowest BCUT2D eigenvalue weighted by molar-refractivity contribution is -0.114. The van der Waals surface area contributed by atoms with E-state index in [1.165, 1.54) is 12.1 Å². The van der Waals surface area contributed by atoms with Gasteiger partial charge in [-0.1, -0.05) is 11.6 Å². The van der Waals surface area contributed by atoms with E-state index in [2.05, 4.69) is 15.4 Å². The third-order valence-corrected chi connectivity index (χ3v) is 2.91. The van der Waals surface area contributed by atoms with E-state index in [0.29, 0.717) is 16.4 Å². The molecule has 0 radical (unpaired) electrons. The van der Waals surface area contributed by atoms with E-state index >= 15 is 0 Å². The summed E-state index contributed by atoms with van der Waals surface area (Å²) in [4.78, 5) is 11.8. The lowest BCUT2D eigenvalue weighted by Crippen LogP contribution is -2.21. The molecule has 7 heteroatoms. The molecule has 2 aromatic carbocycles. The Balaban J connectivity index is 1.81. The van der Waals surface area contributed by atoms with Gasteiger partial charge in [-0.2, -0.15) is 8.78 Å². The molecule has 0 heterocycles. The number of ether oxygens (including phenoxy) is 1. The van der Waals surface area contributed by atoms with Crippen molar-refractivity contribution in [2.75, 3.05) is 17.2 Å². The fraction of sp³-hybridized carbons (Fsp3) is 0.133. The molecule has 2 N–H and O–H groups in total. The molecule has 0 spiro atoms. The molecule has 22 heavy (non-hydrogen) atoms. The first-order chi connectivity index (χ1) is 10.5. The minimum atomic E-state index is -2.86. The number of benzene rings is 2. The van der Waals surface area contributed by atoms with Gasteiger partial charge in [0, 0.05) is 16.4 Å². The smallest absolute Gasteiger partial charge is 0.387 e. The van der Waals surface area contributed by atoms with Crippen LogP contribution in [0.5, 0.6) is 5.75 Å². The van der Waals surface area contributed by atoms with Gasteiger partial charge < -0.3 is 15.4 Å². The van der Waals surface area contributed by atoms with Crippen LogP contribution >= 0.6 is 11.6 Å². The molecule has 0 aliphatic carbocycles. The van der Waals surface area contributed by atoms with E-state index in [1.54, 1.807) is 36.4 Å². The zero-order valence-electron chi connectivity index (χ0n) is 11.4. The average molecular weight is 327 g/mol. The van der Waals surface area contributed by atoms with E-state index in [4.69, 9.17) is 11.6 Å². The summed E-state index contributed by atoms with van der Waals surface area (Å²) in [6.07, 6.45) is 0. The van der Waals surface area contributed by atoms with Gasteiger partial charge in [0.15, 0.2) is 0 Å². The van der Waals surface area contributed by atoms with E-state index in [-0.39, 0.29) is 18.2 Å². The van der Waals surface area contributed by atoms with E-state index in [0.717, 1.165) is 0 Å². The second-order valence-corrected chi connectivity index (χ2v) is 4.75. The molecule has 2 aromatic rings. The van der Waals surface area contributed by atoms with Crippen LogP contribution in [0.25, 0.3) is 0 Å². The van der Waals surface area contributed by atoms with Crippen molar-refractivity contribution >= 4 is 28.9 Å². The van der Waals surface area contributed by atoms with Gasteiger partial charge in [0.05, 0.1) is 6.54 Å². The Bertz CT molecular complexity index is 618. The summed E-state index contributed by atoms with van der Waals surface area (Å²) in [6.45, 7) is -2.82. The molecule has 2 rings (SSSR count). The largest absolute Gasteiger partial charge is 0.435 e. The van der Waals surface area contributed by atoms with Crippen LogP contribution in [0.2, 0.25) is 5.02 Å². The monoisotopic (exact) mass is 326 g/mol. The number of hydrogen-bond donors (Lipinski definition) is 2. The number of carbonyl (C=O) groups excluding carboxylic acids is 1. The quantitative estimate of drug-likeness (QED) is 0.844. The molecule has 0 aromatic heterocycles. The van der Waals surface area contributed by atoms with Crippen molar-refractivity contribution in [1.29, 1.82) is 0 Å². The van der Waals surface area contributed by atoms with Crippen LogP contribution in [-0.4, -0.2) is 19.1 Å². The van der Waals surface area contributed by atoms with Gasteiger partial charge in [0.25, 0.3) is 0 Å². The second-order valence-electron chi connectivity index (χ2n) is 4.31. The van der Waals surface area contributed by atoms with Crippen LogP contribution < -0.4 is 15.4 Å². The van der Waals surface area contributed by atoms with Gasteiger partial charge in [-0.15, -0.1) is 0 Å². The maximum atomic E-state index is 12.0. The summed E-state index contributed by atoms with van der Waals surface area (Å²) in [7, 11) is 0. The van der Waals surface area contributed by atoms with Gasteiger partial charge in [0.2, 0.25) is 5.91 Å². The molecule has 0 saturated heterocycles. The fourth-order valence-corrected chi connectivity index (χ4v) is 1.80. The highest BCUT2D eigenvalue weighted by Gasteiger charge is 2.05. The van der Waals surface area contributed by atoms with Crippen LogP contribution in [0.1, 0.15) is 0 Å². The predicted molar refractivity (Wildman–Crippen MR) is 81.6 cm³/mol. The first-order valence-electron chi connectivity index (χ1n) is 6.37. The minimum absolute atomic E-state index is 0.0394. The van der Waals surface area contributed by atoms with Gasteiger partial charge >= 0.3 is 6.61 Å². The third-order valence-electron chi connectivity index (χ3n) is 2.66. The van der Waals surface area contributed by atoms with Crippen molar-refractivity contribution in [3.8, 4) is 5.75 Å². The first-order valence-corrected chi connectivity index (χ1v) is 6.75. The Morgan fingerprint density at radius 1 is 1.05 bits per heavy atom. The van der Waals surface area contributed by atoms with Gasteiger partial charge in [0.1, 0.15) is 5.75 Å². The van der Waals surface area contributed by atoms with Crippen molar-refractivity contribution in [3.63, 3.8) is 0 Å². The third kappa shape index (κ3) is 5.21. The standard InChI is InChI=1S/C15H13ClF2N2O2/c16-10-1-3-12(4-2-10)20-14(21)9-19-11-5-7-13(8-6-11)22-15(17)18/h1-8,15,19H,9H2,(H,20,21). The fourth-order valence-electron chi connectivity index (χ4n) is 1.67. The molecule has 0 saturated carbocycles. The van der Waals surface area contributed by atoms with E-state index < -0.39 is 6.61 Å². The SMILES string of the molecule is O=C(CNc1ccc(OC(F)F)cc1)Nc1ccc(Cl)cc1. The summed E-state index contributed by atoms with van der Waals surface area (Å²) in [5.74, 6) is -0.179. The maximum Gasteiger partial charge on any atom is 0.387 e. The van der Waals surface area contributed by atoms with Crippen LogP contribution in [0.3, 0.4) is 0 Å². The van der Waals surface area contributed by atoms with Crippen LogP contribution in [0.15, 0.2) is 48.5 Å². The maximum absolute atomic E-state index is 12.0. The molecular weight excluding hydrogens is 314 g/mol. The summed E-state index contributed by atoms with van der Waals surface area (Å²) in [5.41, 5.74) is 1.25. The Morgan fingerprint density at radius 2 is 1.64 bits per heavy atom. The Kier molecular flexibility index (Phi) is 5.55. The molecule has 0 aliphatic rings. The summed E-state index contributed by atoms with van der Waals surface area (Å²) >= 11 is 5.75. The number of anilines is 2. The Labute approximate surface area is 131 Å². The van der Waals surface area contributed by atoms with Crippen molar-refractivity contribution in [2.45, 2.75) is 6.61 Å². The number of amides is 1. The molecule has 1 amide bonds. The van der Waals surface area contributed by atoms with Crippen molar-refractivity contribution < 1.29 is 18.3 Å². The number of rotatable bonds is 6. The van der Waals surface area contributed by atoms with Crippen LogP contribution in [0, 0.1) is 0 Å². The van der Waals surface area contributed by atoms with Crippen LogP contribution in [0.4, 0.5) is 20.2 Å². The highest BCUT2D eigenvalue weighted by Crippen LogP contribution is 2.17. The normalized spacial score (nSPS) is 10.4. The van der Waals surface area contributed by atoms with Crippen LogP contribution in [-0.2, 0) is 4.79 Å². The lowest BCUT2D eigenvalue weighted by atomic mass is 10.3. The molecule has 0 atom stereocenters. The topological polar surface area (TPSA) is 50.4 Å². The highest BCUT2D eigenvalue weighted by atomic mass is 35.5. The summed E-state index contributed by atoms with van der Waals surface area (Å²) in [6, 6.07) is 12.6. The number of alkyl halides is 2. The van der Waals surface area contributed by atoms with E-state index in [9.17, 15) is 13.6 Å². The molecule has 116 valence electrons. The van der Waals surface area contributed by atoms with Gasteiger partial charge in [-0.05, 0) is 48.5 Å². The minimum Gasteiger partial charge on any atom is -0.435 e. The van der Waals surface area contributed by atoms with Gasteiger partial charge in [-0.25, -0.2) is 0 Å². The molecule has 0 aliphatic heterocycles. The zero-order chi connectivity index (χ0) is 15.9. The number of halogens is 3.